The molecule has 0 fully saturated rings. The third-order valence-electron chi connectivity index (χ3n) is 3.97. The maximum absolute atomic E-state index is 12.5. The smallest absolute Gasteiger partial charge is 0.261 e. The molecule has 2 aromatic carbocycles. The van der Waals surface area contributed by atoms with E-state index in [0.29, 0.717) is 11.5 Å². The molecular formula is C19H16N4O2S. The Morgan fingerprint density at radius 3 is 2.54 bits per heavy atom. The van der Waals surface area contributed by atoms with Crippen molar-refractivity contribution in [2.75, 3.05) is 4.72 Å². The number of pyridine rings is 1. The number of rotatable bonds is 4. The van der Waals surface area contributed by atoms with E-state index in [4.69, 9.17) is 0 Å². The van der Waals surface area contributed by atoms with Gasteiger partial charge in [-0.3, -0.25) is 9.71 Å². The maximum Gasteiger partial charge on any atom is 0.261 e. The molecule has 0 atom stereocenters. The number of aromatic nitrogens is 3. The van der Waals surface area contributed by atoms with E-state index < -0.39 is 10.0 Å². The van der Waals surface area contributed by atoms with Crippen LogP contribution in [0.25, 0.3) is 22.6 Å². The van der Waals surface area contributed by atoms with Crippen LogP contribution in [-0.2, 0) is 10.0 Å². The number of aromatic amines is 1. The summed E-state index contributed by atoms with van der Waals surface area (Å²) in [5.41, 5.74) is 3.67. The molecule has 0 spiro atoms. The number of hydrogen-bond acceptors (Lipinski definition) is 4. The number of H-pyrrole nitrogens is 1. The van der Waals surface area contributed by atoms with Crippen LogP contribution in [-0.4, -0.2) is 23.4 Å². The summed E-state index contributed by atoms with van der Waals surface area (Å²) < 4.78 is 27.7. The summed E-state index contributed by atoms with van der Waals surface area (Å²) in [7, 11) is -3.64. The van der Waals surface area contributed by atoms with E-state index in [1.165, 1.54) is 0 Å². The van der Waals surface area contributed by atoms with Gasteiger partial charge in [0.25, 0.3) is 10.0 Å². The Bertz CT molecular complexity index is 1170. The summed E-state index contributed by atoms with van der Waals surface area (Å²) in [4.78, 5) is 12.2. The highest BCUT2D eigenvalue weighted by molar-refractivity contribution is 7.92. The maximum atomic E-state index is 12.5. The molecule has 2 aromatic heterocycles. The van der Waals surface area contributed by atoms with Crippen molar-refractivity contribution in [1.29, 1.82) is 0 Å². The Hall–Kier alpha value is -3.19. The van der Waals surface area contributed by atoms with Crippen LogP contribution in [0.15, 0.2) is 71.8 Å². The van der Waals surface area contributed by atoms with Gasteiger partial charge < -0.3 is 4.98 Å². The second-order valence-electron chi connectivity index (χ2n) is 5.95. The quantitative estimate of drug-likeness (QED) is 0.577. The fraction of sp³-hybridized carbons (Fsp3) is 0.0526. The van der Waals surface area contributed by atoms with Gasteiger partial charge in [-0.25, -0.2) is 13.4 Å². The molecule has 0 aliphatic heterocycles. The normalized spacial score (nSPS) is 11.6. The highest BCUT2D eigenvalue weighted by Crippen LogP contribution is 2.23. The molecule has 0 aliphatic rings. The molecule has 6 nitrogen and oxygen atoms in total. The number of anilines is 1. The molecule has 0 amide bonds. The van der Waals surface area contributed by atoms with Crippen LogP contribution in [0.4, 0.5) is 5.69 Å². The summed E-state index contributed by atoms with van der Waals surface area (Å²) in [6.45, 7) is 1.91. The number of aryl methyl sites for hydroxylation is 1. The largest absolute Gasteiger partial charge is 0.337 e. The molecule has 26 heavy (non-hydrogen) atoms. The molecule has 2 N–H and O–H groups in total. The molecule has 2 heterocycles. The Morgan fingerprint density at radius 2 is 1.81 bits per heavy atom. The highest BCUT2D eigenvalue weighted by Gasteiger charge is 2.15. The van der Waals surface area contributed by atoms with Gasteiger partial charge in [0.2, 0.25) is 0 Å². The average molecular weight is 364 g/mol. The zero-order valence-electron chi connectivity index (χ0n) is 14.0. The molecule has 0 saturated heterocycles. The molecule has 0 saturated carbocycles. The molecule has 0 radical (unpaired) electrons. The molecule has 0 unspecified atom stereocenters. The van der Waals surface area contributed by atoms with E-state index in [9.17, 15) is 8.42 Å². The number of hydrogen-bond donors (Lipinski definition) is 2. The van der Waals surface area contributed by atoms with E-state index in [2.05, 4.69) is 19.7 Å². The molecule has 4 aromatic rings. The van der Waals surface area contributed by atoms with Gasteiger partial charge in [-0.15, -0.1) is 0 Å². The lowest BCUT2D eigenvalue weighted by molar-refractivity contribution is 0.601. The zero-order valence-corrected chi connectivity index (χ0v) is 14.8. The Morgan fingerprint density at radius 1 is 1.00 bits per heavy atom. The van der Waals surface area contributed by atoms with E-state index >= 15 is 0 Å². The summed E-state index contributed by atoms with van der Waals surface area (Å²) in [6, 6.07) is 17.5. The second kappa shape index (κ2) is 6.27. The Labute approximate surface area is 151 Å². The van der Waals surface area contributed by atoms with Crippen LogP contribution in [0.2, 0.25) is 0 Å². The van der Waals surface area contributed by atoms with Gasteiger partial charge in [0.15, 0.2) is 5.82 Å². The van der Waals surface area contributed by atoms with Crippen LogP contribution in [0, 0.1) is 6.92 Å². The number of sulfonamides is 1. The van der Waals surface area contributed by atoms with Crippen LogP contribution in [0.5, 0.6) is 0 Å². The standard InChI is InChI=1S/C19H16N4O2S/c1-13-5-8-15(9-6-13)26(24,25)23-14-7-10-16-18(12-14)22-19(21-16)17-4-2-3-11-20-17/h2-12,23H,1H3,(H,21,22). The number of benzene rings is 2. The first-order chi connectivity index (χ1) is 12.5. The summed E-state index contributed by atoms with van der Waals surface area (Å²) in [6.07, 6.45) is 1.70. The van der Waals surface area contributed by atoms with E-state index in [0.717, 1.165) is 22.3 Å². The average Bonchev–Trinajstić information content (AvgIpc) is 3.06. The number of nitrogens with one attached hydrogen (secondary N) is 2. The van der Waals surface area contributed by atoms with Crippen molar-refractivity contribution < 1.29 is 8.42 Å². The SMILES string of the molecule is Cc1ccc(S(=O)(=O)Nc2ccc3nc(-c4ccccn4)[nH]c3c2)cc1. The van der Waals surface area contributed by atoms with Crippen LogP contribution >= 0.6 is 0 Å². The molecule has 130 valence electrons. The second-order valence-corrected chi connectivity index (χ2v) is 7.63. The first-order valence-electron chi connectivity index (χ1n) is 8.02. The van der Waals surface area contributed by atoms with Crippen molar-refractivity contribution >= 4 is 26.7 Å². The van der Waals surface area contributed by atoms with Gasteiger partial charge in [0.1, 0.15) is 5.69 Å². The van der Waals surface area contributed by atoms with Gasteiger partial charge in [-0.1, -0.05) is 23.8 Å². The minimum absolute atomic E-state index is 0.224. The van der Waals surface area contributed by atoms with Gasteiger partial charge in [-0.05, 0) is 49.4 Å². The monoisotopic (exact) mass is 364 g/mol. The number of imidazole rings is 1. The lowest BCUT2D eigenvalue weighted by Gasteiger charge is -2.08. The first-order valence-corrected chi connectivity index (χ1v) is 9.50. The van der Waals surface area contributed by atoms with Crippen molar-refractivity contribution in [3.8, 4) is 11.5 Å². The number of nitrogens with zero attached hydrogens (tertiary/aromatic N) is 2. The predicted octanol–water partition coefficient (Wildman–Crippen LogP) is 3.73. The molecule has 4 rings (SSSR count). The Balaban J connectivity index is 1.66. The van der Waals surface area contributed by atoms with Crippen molar-refractivity contribution in [1.82, 2.24) is 15.0 Å². The van der Waals surface area contributed by atoms with Gasteiger partial charge in [0, 0.05) is 6.20 Å². The van der Waals surface area contributed by atoms with Crippen LogP contribution in [0.3, 0.4) is 0 Å². The minimum atomic E-state index is -3.64. The topological polar surface area (TPSA) is 87.7 Å². The van der Waals surface area contributed by atoms with Gasteiger partial charge >= 0.3 is 0 Å². The van der Waals surface area contributed by atoms with Crippen LogP contribution < -0.4 is 4.72 Å². The van der Waals surface area contributed by atoms with Crippen LogP contribution in [0.1, 0.15) is 5.56 Å². The van der Waals surface area contributed by atoms with Crippen molar-refractivity contribution in [2.24, 2.45) is 0 Å². The Kier molecular flexibility index (Phi) is 3.93. The minimum Gasteiger partial charge on any atom is -0.337 e. The fourth-order valence-corrected chi connectivity index (χ4v) is 3.68. The molecule has 7 heteroatoms. The van der Waals surface area contributed by atoms with Crippen molar-refractivity contribution in [2.45, 2.75) is 11.8 Å². The summed E-state index contributed by atoms with van der Waals surface area (Å²) in [5, 5.41) is 0. The lowest BCUT2D eigenvalue weighted by Crippen LogP contribution is -2.12. The lowest BCUT2D eigenvalue weighted by atomic mass is 10.2. The summed E-state index contributed by atoms with van der Waals surface area (Å²) >= 11 is 0. The molecule has 0 aliphatic carbocycles. The third kappa shape index (κ3) is 3.16. The predicted molar refractivity (Wildman–Crippen MR) is 101 cm³/mol. The highest BCUT2D eigenvalue weighted by atomic mass is 32.2. The third-order valence-corrected chi connectivity index (χ3v) is 5.37. The van der Waals surface area contributed by atoms with Gasteiger partial charge in [-0.2, -0.15) is 0 Å². The summed E-state index contributed by atoms with van der Waals surface area (Å²) in [5.74, 6) is 0.638. The van der Waals surface area contributed by atoms with Crippen molar-refractivity contribution in [3.63, 3.8) is 0 Å². The fourth-order valence-electron chi connectivity index (χ4n) is 2.63. The van der Waals surface area contributed by atoms with E-state index in [1.54, 1.807) is 48.7 Å². The van der Waals surface area contributed by atoms with Gasteiger partial charge in [0.05, 0.1) is 21.6 Å². The molecule has 0 bridgehead atoms. The first kappa shape index (κ1) is 16.3. The number of fused-ring (bicyclic) bond motifs is 1. The zero-order chi connectivity index (χ0) is 18.1. The van der Waals surface area contributed by atoms with E-state index in [1.807, 2.05) is 25.1 Å². The molecular weight excluding hydrogens is 348 g/mol. The van der Waals surface area contributed by atoms with E-state index in [-0.39, 0.29) is 4.90 Å². The van der Waals surface area contributed by atoms with Crippen molar-refractivity contribution in [3.05, 3.63) is 72.4 Å².